The van der Waals surface area contributed by atoms with Gasteiger partial charge in [-0.2, -0.15) is 0 Å². The zero-order valence-corrected chi connectivity index (χ0v) is 13.0. The Morgan fingerprint density at radius 3 is 2.81 bits per heavy atom. The molecule has 0 aliphatic carbocycles. The lowest BCUT2D eigenvalue weighted by Crippen LogP contribution is -2.17. The lowest BCUT2D eigenvalue weighted by Gasteiger charge is -2.08. The van der Waals surface area contributed by atoms with Gasteiger partial charge in [0, 0.05) is 13.0 Å². The van der Waals surface area contributed by atoms with E-state index in [0.29, 0.717) is 17.7 Å². The number of hydrogen-bond acceptors (Lipinski definition) is 5. The number of aromatic nitrogens is 2. The van der Waals surface area contributed by atoms with E-state index in [2.05, 4.69) is 34.6 Å². The Hall–Kier alpha value is -1.79. The van der Waals surface area contributed by atoms with Crippen LogP contribution >= 0.6 is 11.3 Å². The molecule has 2 rings (SSSR count). The molecule has 0 saturated carbocycles. The summed E-state index contributed by atoms with van der Waals surface area (Å²) < 4.78 is 5.04. The molecular weight excluding hydrogens is 286 g/mol. The third kappa shape index (κ3) is 4.91. The largest absolute Gasteiger partial charge is 0.372 e. The predicted molar refractivity (Wildman–Crippen MR) is 83.6 cm³/mol. The Bertz CT molecular complexity index is 571. The van der Waals surface area contributed by atoms with Gasteiger partial charge in [0.1, 0.15) is 11.6 Å². The summed E-state index contributed by atoms with van der Waals surface area (Å²) in [5.41, 5.74) is 1.27. The van der Waals surface area contributed by atoms with Crippen molar-refractivity contribution in [3.05, 3.63) is 40.9 Å². The Morgan fingerprint density at radius 1 is 1.33 bits per heavy atom. The minimum atomic E-state index is -0.198. The minimum absolute atomic E-state index is 0.0475. The summed E-state index contributed by atoms with van der Waals surface area (Å²) in [5.74, 6) is 0.168. The molecule has 0 radical (unpaired) electrons. The molecule has 5 nitrogen and oxygen atoms in total. The van der Waals surface area contributed by atoms with E-state index in [-0.39, 0.29) is 12.5 Å². The Morgan fingerprint density at radius 2 is 2.10 bits per heavy atom. The first-order valence-corrected chi connectivity index (χ1v) is 7.75. The van der Waals surface area contributed by atoms with Crippen LogP contribution in [0.15, 0.2) is 30.3 Å². The van der Waals surface area contributed by atoms with Crippen LogP contribution in [0.2, 0.25) is 0 Å². The van der Waals surface area contributed by atoms with Gasteiger partial charge < -0.3 is 4.74 Å². The molecular formula is C15H19N3O2S. The summed E-state index contributed by atoms with van der Waals surface area (Å²) in [6, 6.07) is 10.3. The topological polar surface area (TPSA) is 64.1 Å². The highest BCUT2D eigenvalue weighted by Gasteiger charge is 2.12. The van der Waals surface area contributed by atoms with Crippen molar-refractivity contribution < 1.29 is 9.53 Å². The molecule has 1 amide bonds. The van der Waals surface area contributed by atoms with Gasteiger partial charge in [-0.25, -0.2) is 0 Å². The van der Waals surface area contributed by atoms with Gasteiger partial charge in [0.15, 0.2) is 0 Å². The molecule has 0 spiro atoms. The van der Waals surface area contributed by atoms with Gasteiger partial charge in [-0.1, -0.05) is 48.6 Å². The van der Waals surface area contributed by atoms with E-state index in [1.54, 1.807) is 0 Å². The van der Waals surface area contributed by atoms with Gasteiger partial charge in [-0.3, -0.25) is 10.1 Å². The average molecular weight is 305 g/mol. The lowest BCUT2D eigenvalue weighted by atomic mass is 9.98. The van der Waals surface area contributed by atoms with Crippen molar-refractivity contribution in [1.29, 1.82) is 0 Å². The van der Waals surface area contributed by atoms with E-state index in [9.17, 15) is 4.79 Å². The number of ether oxygens (including phenoxy) is 1. The van der Waals surface area contributed by atoms with E-state index >= 15 is 0 Å². The fourth-order valence-electron chi connectivity index (χ4n) is 1.90. The van der Waals surface area contributed by atoms with Crippen LogP contribution in [0.25, 0.3) is 0 Å². The average Bonchev–Trinajstić information content (AvgIpc) is 2.93. The minimum Gasteiger partial charge on any atom is -0.372 e. The fraction of sp³-hybridized carbons (Fsp3) is 0.400. The Kier molecular flexibility index (Phi) is 5.83. The number of rotatable bonds is 7. The number of benzene rings is 1. The van der Waals surface area contributed by atoms with Crippen molar-refractivity contribution in [2.24, 2.45) is 0 Å². The third-order valence-corrected chi connectivity index (χ3v) is 3.86. The van der Waals surface area contributed by atoms with Crippen LogP contribution in [0.1, 0.15) is 30.3 Å². The molecule has 1 atom stereocenters. The molecule has 0 aliphatic rings. The van der Waals surface area contributed by atoms with Gasteiger partial charge in [0.05, 0.1) is 0 Å². The smallest absolute Gasteiger partial charge is 0.252 e. The number of carbonyl (C=O) groups excluding carboxylic acids is 1. The van der Waals surface area contributed by atoms with E-state index < -0.39 is 0 Å². The summed E-state index contributed by atoms with van der Waals surface area (Å²) in [4.78, 5) is 11.5. The van der Waals surface area contributed by atoms with Crippen LogP contribution in [0.5, 0.6) is 0 Å². The Labute approximate surface area is 128 Å². The zero-order valence-electron chi connectivity index (χ0n) is 12.2. The number of carbonyl (C=O) groups is 1. The van der Waals surface area contributed by atoms with E-state index in [4.69, 9.17) is 4.74 Å². The van der Waals surface area contributed by atoms with Crippen LogP contribution in [0, 0.1) is 0 Å². The maximum absolute atomic E-state index is 11.5. The molecule has 6 heteroatoms. The van der Waals surface area contributed by atoms with Crippen molar-refractivity contribution in [3.63, 3.8) is 0 Å². The summed E-state index contributed by atoms with van der Waals surface area (Å²) in [5, 5.41) is 12.2. The van der Waals surface area contributed by atoms with Crippen LogP contribution in [-0.2, 0) is 16.0 Å². The van der Waals surface area contributed by atoms with Crippen LogP contribution in [-0.4, -0.2) is 29.3 Å². The molecule has 1 heterocycles. The predicted octanol–water partition coefficient (Wildman–Crippen LogP) is 2.86. The number of nitrogens with zero attached hydrogens (tertiary/aromatic N) is 2. The lowest BCUT2D eigenvalue weighted by molar-refractivity contribution is -0.120. The standard InChI is InChI=1S/C15H19N3O2S/c1-3-20-10-13(19)16-15-18-17-14(21-15)9-11(2)12-7-5-4-6-8-12/h4-8,11H,3,9-10H2,1-2H3,(H,16,18,19). The molecule has 2 aromatic rings. The van der Waals surface area contributed by atoms with Gasteiger partial charge in [-0.05, 0) is 18.4 Å². The highest BCUT2D eigenvalue weighted by atomic mass is 32.1. The Balaban J connectivity index is 1.89. The monoisotopic (exact) mass is 305 g/mol. The van der Waals surface area contributed by atoms with Crippen LogP contribution in [0.3, 0.4) is 0 Å². The van der Waals surface area contributed by atoms with Crippen LogP contribution in [0.4, 0.5) is 5.13 Å². The quantitative estimate of drug-likeness (QED) is 0.854. The van der Waals surface area contributed by atoms with Crippen molar-refractivity contribution in [3.8, 4) is 0 Å². The first-order chi connectivity index (χ1) is 10.2. The maximum Gasteiger partial charge on any atom is 0.252 e. The third-order valence-electron chi connectivity index (χ3n) is 3.00. The van der Waals surface area contributed by atoms with Gasteiger partial charge >= 0.3 is 0 Å². The molecule has 1 aromatic carbocycles. The summed E-state index contributed by atoms with van der Waals surface area (Å²) >= 11 is 1.41. The molecule has 1 N–H and O–H groups in total. The molecule has 0 aliphatic heterocycles. The highest BCUT2D eigenvalue weighted by molar-refractivity contribution is 7.15. The molecule has 0 fully saturated rings. The first-order valence-electron chi connectivity index (χ1n) is 6.94. The fourth-order valence-corrected chi connectivity index (χ4v) is 2.78. The van der Waals surface area contributed by atoms with Crippen molar-refractivity contribution >= 4 is 22.4 Å². The van der Waals surface area contributed by atoms with Crippen molar-refractivity contribution in [1.82, 2.24) is 10.2 Å². The molecule has 0 bridgehead atoms. The molecule has 0 saturated heterocycles. The second-order valence-electron chi connectivity index (χ2n) is 4.70. The van der Waals surface area contributed by atoms with Crippen molar-refractivity contribution in [2.75, 3.05) is 18.5 Å². The maximum atomic E-state index is 11.5. The number of amides is 1. The van der Waals surface area contributed by atoms with E-state index in [1.165, 1.54) is 16.9 Å². The summed E-state index contributed by atoms with van der Waals surface area (Å²) in [6.45, 7) is 4.57. The van der Waals surface area contributed by atoms with Gasteiger partial charge in [0.25, 0.3) is 5.91 Å². The molecule has 1 unspecified atom stereocenters. The second-order valence-corrected chi connectivity index (χ2v) is 5.76. The van der Waals surface area contributed by atoms with Crippen molar-refractivity contribution in [2.45, 2.75) is 26.2 Å². The number of nitrogens with one attached hydrogen (secondary N) is 1. The van der Waals surface area contributed by atoms with Gasteiger partial charge in [-0.15, -0.1) is 10.2 Å². The van der Waals surface area contributed by atoms with E-state index in [0.717, 1.165) is 11.4 Å². The summed E-state index contributed by atoms with van der Waals surface area (Å²) in [7, 11) is 0. The highest BCUT2D eigenvalue weighted by Crippen LogP contribution is 2.23. The molecule has 112 valence electrons. The van der Waals surface area contributed by atoms with E-state index in [1.807, 2.05) is 25.1 Å². The SMILES string of the molecule is CCOCC(=O)Nc1nnc(CC(C)c2ccccc2)s1. The summed E-state index contributed by atoms with van der Waals surface area (Å²) in [6.07, 6.45) is 0.809. The number of hydrogen-bond donors (Lipinski definition) is 1. The first kappa shape index (κ1) is 15.6. The molecule has 1 aromatic heterocycles. The second kappa shape index (κ2) is 7.85. The van der Waals surface area contributed by atoms with Crippen LogP contribution < -0.4 is 5.32 Å². The van der Waals surface area contributed by atoms with Gasteiger partial charge in [0.2, 0.25) is 5.13 Å². The molecule has 21 heavy (non-hydrogen) atoms. The zero-order chi connectivity index (χ0) is 15.1. The number of anilines is 1. The normalized spacial score (nSPS) is 12.1.